The van der Waals surface area contributed by atoms with E-state index in [1.807, 2.05) is 0 Å². The number of carboxylic acids is 1. The molecule has 0 fully saturated rings. The van der Waals surface area contributed by atoms with Crippen molar-refractivity contribution in [2.24, 2.45) is 5.73 Å². The Hall–Kier alpha value is -1.41. The molecule has 1 atom stereocenters. The minimum absolute atomic E-state index is 0.0465. The number of carbonyl (C=O) groups is 1. The summed E-state index contributed by atoms with van der Waals surface area (Å²) in [5.41, 5.74) is 5.75. The summed E-state index contributed by atoms with van der Waals surface area (Å²) in [6, 6.07) is -1.05. The van der Waals surface area contributed by atoms with E-state index in [0.29, 0.717) is 5.56 Å². The van der Waals surface area contributed by atoms with Crippen LogP contribution < -0.4 is 5.73 Å². The molecule has 84 valence electrons. The van der Waals surface area contributed by atoms with E-state index in [4.69, 9.17) is 10.8 Å². The van der Waals surface area contributed by atoms with Crippen LogP contribution in [0.1, 0.15) is 5.56 Å². The van der Waals surface area contributed by atoms with Crippen LogP contribution in [-0.2, 0) is 21.2 Å². The number of nitrogens with two attached hydrogens (primary N) is 1. The molecule has 15 heavy (non-hydrogen) atoms. The second-order valence-corrected chi connectivity index (χ2v) is 4.97. The highest BCUT2D eigenvalue weighted by molar-refractivity contribution is 7.89. The molecule has 0 amide bonds. The van der Waals surface area contributed by atoms with E-state index in [9.17, 15) is 13.2 Å². The van der Waals surface area contributed by atoms with E-state index in [-0.39, 0.29) is 6.42 Å². The van der Waals surface area contributed by atoms with Crippen molar-refractivity contribution in [1.82, 2.24) is 9.19 Å². The zero-order valence-corrected chi connectivity index (χ0v) is 8.81. The van der Waals surface area contributed by atoms with Gasteiger partial charge in [0, 0.05) is 12.6 Å². The number of rotatable bonds is 4. The van der Waals surface area contributed by atoms with Gasteiger partial charge in [0.2, 0.25) is 0 Å². The van der Waals surface area contributed by atoms with Crippen LogP contribution in [-0.4, -0.2) is 41.0 Å². The normalized spacial score (nSPS) is 13.7. The first-order valence-electron chi connectivity index (χ1n) is 4.03. The largest absolute Gasteiger partial charge is 0.480 e. The van der Waals surface area contributed by atoms with E-state index in [2.05, 4.69) is 5.10 Å². The van der Waals surface area contributed by atoms with Crippen molar-refractivity contribution in [2.75, 3.05) is 6.26 Å². The molecule has 1 heterocycles. The van der Waals surface area contributed by atoms with Gasteiger partial charge < -0.3 is 10.8 Å². The summed E-state index contributed by atoms with van der Waals surface area (Å²) >= 11 is 0. The van der Waals surface area contributed by atoms with Crippen molar-refractivity contribution in [3.63, 3.8) is 0 Å². The van der Waals surface area contributed by atoms with Gasteiger partial charge in [0.05, 0.1) is 12.5 Å². The van der Waals surface area contributed by atoms with Gasteiger partial charge in [-0.05, 0) is 5.56 Å². The molecule has 1 aromatic rings. The third-order valence-electron chi connectivity index (χ3n) is 1.73. The summed E-state index contributed by atoms with van der Waals surface area (Å²) in [6.45, 7) is 0. The van der Waals surface area contributed by atoms with Crippen LogP contribution >= 0.6 is 0 Å². The Balaban J connectivity index is 2.82. The Labute approximate surface area is 86.6 Å². The third-order valence-corrected chi connectivity index (χ3v) is 2.61. The quantitative estimate of drug-likeness (QED) is 0.664. The first-order valence-corrected chi connectivity index (χ1v) is 5.88. The van der Waals surface area contributed by atoms with E-state index >= 15 is 0 Å². The number of aromatic nitrogens is 2. The minimum Gasteiger partial charge on any atom is -0.480 e. The average molecular weight is 233 g/mol. The number of aliphatic carboxylic acids is 1. The van der Waals surface area contributed by atoms with E-state index in [1.54, 1.807) is 0 Å². The summed E-state index contributed by atoms with van der Waals surface area (Å²) in [6.07, 6.45) is 3.58. The molecular weight excluding hydrogens is 222 g/mol. The van der Waals surface area contributed by atoms with E-state index < -0.39 is 22.0 Å². The second-order valence-electron chi connectivity index (χ2n) is 3.13. The maximum atomic E-state index is 11.0. The SMILES string of the molecule is CS(=O)(=O)n1cc(C[C@H](N)C(=O)O)cn1. The molecule has 7 nitrogen and oxygen atoms in total. The lowest BCUT2D eigenvalue weighted by Gasteiger charge is -2.02. The number of hydrogen-bond donors (Lipinski definition) is 2. The molecule has 0 bridgehead atoms. The molecule has 0 aliphatic carbocycles. The van der Waals surface area contributed by atoms with Crippen LogP contribution in [0.3, 0.4) is 0 Å². The van der Waals surface area contributed by atoms with E-state index in [1.165, 1.54) is 12.4 Å². The molecular formula is C7H11N3O4S. The van der Waals surface area contributed by atoms with Gasteiger partial charge in [0.1, 0.15) is 6.04 Å². The fourth-order valence-electron chi connectivity index (χ4n) is 0.968. The Morgan fingerprint density at radius 1 is 1.73 bits per heavy atom. The van der Waals surface area contributed by atoms with Crippen LogP contribution in [0.2, 0.25) is 0 Å². The van der Waals surface area contributed by atoms with Gasteiger partial charge in [0.15, 0.2) is 0 Å². The van der Waals surface area contributed by atoms with Crippen molar-refractivity contribution >= 4 is 16.0 Å². The zero-order valence-electron chi connectivity index (χ0n) is 7.99. The lowest BCUT2D eigenvalue weighted by Crippen LogP contribution is -2.32. The monoisotopic (exact) mass is 233 g/mol. The molecule has 0 aliphatic heterocycles. The molecule has 0 saturated carbocycles. The highest BCUT2D eigenvalue weighted by Gasteiger charge is 2.14. The Morgan fingerprint density at radius 2 is 2.33 bits per heavy atom. The van der Waals surface area contributed by atoms with Crippen molar-refractivity contribution in [1.29, 1.82) is 0 Å². The van der Waals surface area contributed by atoms with Crippen LogP contribution in [0.5, 0.6) is 0 Å². The van der Waals surface area contributed by atoms with Crippen molar-refractivity contribution in [3.05, 3.63) is 18.0 Å². The molecule has 0 aromatic carbocycles. The molecule has 1 rings (SSSR count). The third kappa shape index (κ3) is 3.03. The Morgan fingerprint density at radius 3 is 2.73 bits per heavy atom. The predicted octanol–water partition coefficient (Wildman–Crippen LogP) is -1.35. The van der Waals surface area contributed by atoms with E-state index in [0.717, 1.165) is 10.3 Å². The second kappa shape index (κ2) is 3.99. The van der Waals surface area contributed by atoms with Gasteiger partial charge >= 0.3 is 5.97 Å². The molecule has 3 N–H and O–H groups in total. The fraction of sp³-hybridized carbons (Fsp3) is 0.429. The highest BCUT2D eigenvalue weighted by atomic mass is 32.2. The summed E-state index contributed by atoms with van der Waals surface area (Å²) in [5, 5.41) is 12.1. The Bertz CT molecular complexity index is 464. The van der Waals surface area contributed by atoms with Gasteiger partial charge in [-0.2, -0.15) is 9.19 Å². The van der Waals surface area contributed by atoms with Crippen molar-refractivity contribution in [3.8, 4) is 0 Å². The molecule has 0 spiro atoms. The van der Waals surface area contributed by atoms with Crippen LogP contribution in [0.25, 0.3) is 0 Å². The molecule has 8 heteroatoms. The van der Waals surface area contributed by atoms with Crippen LogP contribution in [0.15, 0.2) is 12.4 Å². The summed E-state index contributed by atoms with van der Waals surface area (Å²) in [4.78, 5) is 10.4. The van der Waals surface area contributed by atoms with Gasteiger partial charge in [-0.1, -0.05) is 0 Å². The molecule has 0 saturated heterocycles. The topological polar surface area (TPSA) is 115 Å². The zero-order chi connectivity index (χ0) is 11.6. The lowest BCUT2D eigenvalue weighted by atomic mass is 10.1. The summed E-state index contributed by atoms with van der Waals surface area (Å²) in [5.74, 6) is -1.14. The van der Waals surface area contributed by atoms with Crippen molar-refractivity contribution in [2.45, 2.75) is 12.5 Å². The smallest absolute Gasteiger partial charge is 0.320 e. The summed E-state index contributed by atoms with van der Waals surface area (Å²) in [7, 11) is -3.42. The van der Waals surface area contributed by atoms with Gasteiger partial charge in [-0.15, -0.1) is 0 Å². The minimum atomic E-state index is -3.42. The predicted molar refractivity (Wildman–Crippen MR) is 51.8 cm³/mol. The Kier molecular flexibility index (Phi) is 3.10. The molecule has 1 aromatic heterocycles. The lowest BCUT2D eigenvalue weighted by molar-refractivity contribution is -0.138. The van der Waals surface area contributed by atoms with Gasteiger partial charge in [-0.3, -0.25) is 4.79 Å². The highest BCUT2D eigenvalue weighted by Crippen LogP contribution is 2.03. The molecule has 0 aliphatic rings. The number of carboxylic acid groups (broad SMARTS) is 1. The van der Waals surface area contributed by atoms with Crippen LogP contribution in [0.4, 0.5) is 0 Å². The van der Waals surface area contributed by atoms with Gasteiger partial charge in [0.25, 0.3) is 10.0 Å². The standard InChI is InChI=1S/C7H11N3O4S/c1-15(13,14)10-4-5(3-9-10)2-6(8)7(11)12/h3-4,6H,2,8H2,1H3,(H,11,12)/t6-/m0/s1. The van der Waals surface area contributed by atoms with Gasteiger partial charge in [-0.25, -0.2) is 8.42 Å². The molecule has 0 unspecified atom stereocenters. The maximum Gasteiger partial charge on any atom is 0.320 e. The first kappa shape index (κ1) is 11.7. The summed E-state index contributed by atoms with van der Waals surface area (Å²) < 4.78 is 22.8. The maximum absolute atomic E-state index is 11.0. The van der Waals surface area contributed by atoms with Crippen molar-refractivity contribution < 1.29 is 18.3 Å². The number of nitrogens with zero attached hydrogens (tertiary/aromatic N) is 2. The molecule has 0 radical (unpaired) electrons. The fourth-order valence-corrected chi connectivity index (χ4v) is 1.51. The average Bonchev–Trinajstić information content (AvgIpc) is 2.51. The van der Waals surface area contributed by atoms with Crippen LogP contribution in [0, 0.1) is 0 Å². The first-order chi connectivity index (χ1) is 6.80. The number of hydrogen-bond acceptors (Lipinski definition) is 5.